The average molecular weight is 354 g/mol. The fourth-order valence-electron chi connectivity index (χ4n) is 3.97. The Labute approximate surface area is 153 Å². The van der Waals surface area contributed by atoms with Gasteiger partial charge in [0.2, 0.25) is 5.95 Å². The van der Waals surface area contributed by atoms with Crippen molar-refractivity contribution in [2.75, 3.05) is 36.0 Å². The Morgan fingerprint density at radius 1 is 1.27 bits per heavy atom. The van der Waals surface area contributed by atoms with Crippen LogP contribution in [0.4, 0.5) is 11.8 Å². The molecule has 26 heavy (non-hydrogen) atoms. The summed E-state index contributed by atoms with van der Waals surface area (Å²) in [4.78, 5) is 24.5. The number of aromatic amines is 1. The summed E-state index contributed by atoms with van der Waals surface area (Å²) in [5.41, 5.74) is 1.24. The van der Waals surface area contributed by atoms with Gasteiger partial charge in [0.25, 0.3) is 5.56 Å². The summed E-state index contributed by atoms with van der Waals surface area (Å²) in [5, 5.41) is 0. The summed E-state index contributed by atoms with van der Waals surface area (Å²) in [6, 6.07) is 12.5. The van der Waals surface area contributed by atoms with Gasteiger partial charge in [-0.15, -0.1) is 0 Å². The molecule has 0 aliphatic carbocycles. The summed E-state index contributed by atoms with van der Waals surface area (Å²) in [7, 11) is 0. The second-order valence-electron chi connectivity index (χ2n) is 7.23. The standard InChI is InChI=1S/C20H26N4O2/c1-15-14-23(10-11-26-15)18-13-19(25)22-20(21-18)24-9-5-8-17(24)12-16-6-3-2-4-7-16/h2-4,6-7,13,15,17H,5,8-12,14H2,1H3,(H,21,22,25)/t15-,17+/m0/s1. The molecule has 6 nitrogen and oxygen atoms in total. The number of nitrogens with one attached hydrogen (secondary N) is 1. The smallest absolute Gasteiger partial charge is 0.254 e. The molecule has 2 aliphatic heterocycles. The van der Waals surface area contributed by atoms with Crippen LogP contribution in [0.2, 0.25) is 0 Å². The van der Waals surface area contributed by atoms with Crippen LogP contribution in [0.15, 0.2) is 41.2 Å². The van der Waals surface area contributed by atoms with Crippen molar-refractivity contribution in [3.8, 4) is 0 Å². The first-order chi connectivity index (χ1) is 12.7. The largest absolute Gasteiger partial charge is 0.375 e. The molecule has 0 unspecified atom stereocenters. The van der Waals surface area contributed by atoms with Gasteiger partial charge in [0.15, 0.2) is 0 Å². The van der Waals surface area contributed by atoms with Crippen LogP contribution >= 0.6 is 0 Å². The first kappa shape index (κ1) is 17.1. The van der Waals surface area contributed by atoms with E-state index in [1.54, 1.807) is 6.07 Å². The maximum Gasteiger partial charge on any atom is 0.254 e. The van der Waals surface area contributed by atoms with Crippen molar-refractivity contribution < 1.29 is 4.74 Å². The fraction of sp³-hybridized carbons (Fsp3) is 0.500. The number of anilines is 2. The van der Waals surface area contributed by atoms with Crippen LogP contribution in [0.5, 0.6) is 0 Å². The highest BCUT2D eigenvalue weighted by atomic mass is 16.5. The highest BCUT2D eigenvalue weighted by Gasteiger charge is 2.28. The molecule has 2 saturated heterocycles. The van der Waals surface area contributed by atoms with Gasteiger partial charge in [0.1, 0.15) is 5.82 Å². The van der Waals surface area contributed by atoms with Crippen LogP contribution in [0, 0.1) is 0 Å². The molecule has 138 valence electrons. The van der Waals surface area contributed by atoms with Crippen molar-refractivity contribution in [1.29, 1.82) is 0 Å². The predicted molar refractivity (Wildman–Crippen MR) is 103 cm³/mol. The molecule has 0 radical (unpaired) electrons. The Morgan fingerprint density at radius 3 is 2.92 bits per heavy atom. The van der Waals surface area contributed by atoms with Gasteiger partial charge in [-0.05, 0) is 31.7 Å². The van der Waals surface area contributed by atoms with E-state index in [2.05, 4.69) is 46.0 Å². The molecule has 2 atom stereocenters. The van der Waals surface area contributed by atoms with Crippen LogP contribution in [0.1, 0.15) is 25.3 Å². The second-order valence-corrected chi connectivity index (χ2v) is 7.23. The van der Waals surface area contributed by atoms with E-state index in [-0.39, 0.29) is 11.7 Å². The lowest BCUT2D eigenvalue weighted by atomic mass is 10.0. The van der Waals surface area contributed by atoms with E-state index in [0.29, 0.717) is 18.6 Å². The van der Waals surface area contributed by atoms with Gasteiger partial charge in [0, 0.05) is 31.7 Å². The Hall–Kier alpha value is -2.34. The number of ether oxygens (including phenoxy) is 1. The van der Waals surface area contributed by atoms with Crippen LogP contribution in [0.25, 0.3) is 0 Å². The van der Waals surface area contributed by atoms with Crippen molar-refractivity contribution in [3.63, 3.8) is 0 Å². The van der Waals surface area contributed by atoms with Crippen molar-refractivity contribution in [2.24, 2.45) is 0 Å². The number of morpholine rings is 1. The van der Waals surface area contributed by atoms with E-state index >= 15 is 0 Å². The van der Waals surface area contributed by atoms with Gasteiger partial charge in [-0.2, -0.15) is 4.98 Å². The molecule has 1 N–H and O–H groups in total. The minimum atomic E-state index is -0.0884. The van der Waals surface area contributed by atoms with Crippen molar-refractivity contribution in [1.82, 2.24) is 9.97 Å². The topological polar surface area (TPSA) is 61.5 Å². The molecule has 2 aromatic rings. The zero-order valence-electron chi connectivity index (χ0n) is 15.2. The summed E-state index contributed by atoms with van der Waals surface area (Å²) < 4.78 is 5.61. The number of H-pyrrole nitrogens is 1. The molecule has 0 saturated carbocycles. The van der Waals surface area contributed by atoms with Gasteiger partial charge >= 0.3 is 0 Å². The van der Waals surface area contributed by atoms with E-state index in [1.807, 2.05) is 6.07 Å². The number of rotatable bonds is 4. The summed E-state index contributed by atoms with van der Waals surface area (Å²) in [5.74, 6) is 1.45. The zero-order valence-corrected chi connectivity index (χ0v) is 15.2. The van der Waals surface area contributed by atoms with Crippen LogP contribution in [-0.4, -0.2) is 48.4 Å². The average Bonchev–Trinajstić information content (AvgIpc) is 3.10. The van der Waals surface area contributed by atoms with Gasteiger partial charge in [0.05, 0.1) is 12.7 Å². The SMILES string of the molecule is C[C@H]1CN(c2cc(=O)[nH]c(N3CCC[C@@H]3Cc3ccccc3)n2)CCO1. The van der Waals surface area contributed by atoms with Crippen molar-refractivity contribution in [3.05, 3.63) is 52.3 Å². The fourth-order valence-corrected chi connectivity index (χ4v) is 3.97. The van der Waals surface area contributed by atoms with Crippen LogP contribution in [0.3, 0.4) is 0 Å². The van der Waals surface area contributed by atoms with Crippen molar-refractivity contribution >= 4 is 11.8 Å². The molecule has 1 aromatic heterocycles. The predicted octanol–water partition coefficient (Wildman–Crippen LogP) is 2.21. The molecule has 3 heterocycles. The Balaban J connectivity index is 1.57. The van der Waals surface area contributed by atoms with Gasteiger partial charge in [-0.3, -0.25) is 9.78 Å². The highest BCUT2D eigenvalue weighted by molar-refractivity contribution is 5.45. The molecule has 2 fully saturated rings. The lowest BCUT2D eigenvalue weighted by Gasteiger charge is -2.33. The second kappa shape index (κ2) is 7.50. The number of hydrogen-bond acceptors (Lipinski definition) is 5. The highest BCUT2D eigenvalue weighted by Crippen LogP contribution is 2.26. The van der Waals surface area contributed by atoms with E-state index in [1.165, 1.54) is 5.56 Å². The number of hydrogen-bond donors (Lipinski definition) is 1. The third kappa shape index (κ3) is 3.75. The molecule has 0 spiro atoms. The van der Waals surface area contributed by atoms with E-state index < -0.39 is 0 Å². The molecule has 1 aromatic carbocycles. The Kier molecular flexibility index (Phi) is 4.93. The van der Waals surface area contributed by atoms with Gasteiger partial charge in [-0.25, -0.2) is 0 Å². The molecule has 0 amide bonds. The maximum atomic E-state index is 12.3. The van der Waals surface area contributed by atoms with Crippen LogP contribution < -0.4 is 15.4 Å². The number of benzene rings is 1. The quantitative estimate of drug-likeness (QED) is 0.912. The lowest BCUT2D eigenvalue weighted by molar-refractivity contribution is 0.0529. The minimum absolute atomic E-state index is 0.0884. The lowest BCUT2D eigenvalue weighted by Crippen LogP contribution is -2.42. The summed E-state index contributed by atoms with van der Waals surface area (Å²) >= 11 is 0. The first-order valence-corrected chi connectivity index (χ1v) is 9.47. The summed E-state index contributed by atoms with van der Waals surface area (Å²) in [6.07, 6.45) is 3.38. The molecular weight excluding hydrogens is 328 g/mol. The third-order valence-electron chi connectivity index (χ3n) is 5.24. The first-order valence-electron chi connectivity index (χ1n) is 9.47. The van der Waals surface area contributed by atoms with Crippen LogP contribution in [-0.2, 0) is 11.2 Å². The number of aromatic nitrogens is 2. The Bertz CT molecular complexity index is 792. The van der Waals surface area contributed by atoms with Gasteiger partial charge in [-0.1, -0.05) is 30.3 Å². The molecule has 4 rings (SSSR count). The van der Waals surface area contributed by atoms with Gasteiger partial charge < -0.3 is 14.5 Å². The van der Waals surface area contributed by atoms with E-state index in [0.717, 1.165) is 44.7 Å². The maximum absolute atomic E-state index is 12.3. The summed E-state index contributed by atoms with van der Waals surface area (Å²) in [6.45, 7) is 5.20. The normalized spacial score (nSPS) is 23.4. The minimum Gasteiger partial charge on any atom is -0.375 e. The van der Waals surface area contributed by atoms with Crippen molar-refractivity contribution in [2.45, 2.75) is 38.3 Å². The monoisotopic (exact) mass is 354 g/mol. The molecular formula is C20H26N4O2. The Morgan fingerprint density at radius 2 is 2.12 bits per heavy atom. The van der Waals surface area contributed by atoms with E-state index in [4.69, 9.17) is 9.72 Å². The van der Waals surface area contributed by atoms with E-state index in [9.17, 15) is 4.79 Å². The molecule has 6 heteroatoms. The zero-order chi connectivity index (χ0) is 17.9. The molecule has 0 bridgehead atoms. The third-order valence-corrected chi connectivity index (χ3v) is 5.24. The number of nitrogens with zero attached hydrogens (tertiary/aromatic N) is 3. The molecule has 2 aliphatic rings.